The molecule has 4 nitrogen and oxygen atoms in total. The van der Waals surface area contributed by atoms with Crippen molar-refractivity contribution in [2.45, 2.75) is 20.8 Å². The lowest BCUT2D eigenvalue weighted by molar-refractivity contribution is -0.118. The van der Waals surface area contributed by atoms with Crippen molar-refractivity contribution >= 4 is 34.8 Å². The Morgan fingerprint density at radius 2 is 1.73 bits per heavy atom. The van der Waals surface area contributed by atoms with Gasteiger partial charge in [0.1, 0.15) is 10.0 Å². The second-order valence-corrected chi connectivity index (χ2v) is 5.65. The number of para-hydroxylation sites is 1. The second-order valence-electron chi connectivity index (χ2n) is 4.89. The molecule has 0 unspecified atom stereocenters. The molecule has 0 radical (unpaired) electrons. The maximum Gasteiger partial charge on any atom is 0.262 e. The lowest BCUT2D eigenvalue weighted by Gasteiger charge is -2.13. The van der Waals surface area contributed by atoms with E-state index in [9.17, 15) is 4.79 Å². The van der Waals surface area contributed by atoms with Crippen LogP contribution in [0.15, 0.2) is 24.3 Å². The Labute approximate surface area is 139 Å². The van der Waals surface area contributed by atoms with Crippen LogP contribution >= 0.6 is 23.2 Å². The minimum absolute atomic E-state index is 0.184. The molecule has 1 heterocycles. The van der Waals surface area contributed by atoms with Gasteiger partial charge in [-0.3, -0.25) is 9.78 Å². The van der Waals surface area contributed by atoms with E-state index < -0.39 is 0 Å². The third-order valence-corrected chi connectivity index (χ3v) is 4.03. The van der Waals surface area contributed by atoms with Crippen molar-refractivity contribution in [3.63, 3.8) is 0 Å². The van der Waals surface area contributed by atoms with Crippen molar-refractivity contribution in [1.29, 1.82) is 0 Å². The van der Waals surface area contributed by atoms with E-state index >= 15 is 0 Å². The number of carbonyl (C=O) groups excluding carboxylic acids is 1. The molecular weight excluding hydrogens is 323 g/mol. The van der Waals surface area contributed by atoms with Gasteiger partial charge >= 0.3 is 0 Å². The summed E-state index contributed by atoms with van der Waals surface area (Å²) in [5, 5.41) is 3.42. The van der Waals surface area contributed by atoms with Crippen LogP contribution in [0, 0.1) is 20.8 Å². The zero-order valence-electron chi connectivity index (χ0n) is 12.5. The van der Waals surface area contributed by atoms with Crippen LogP contribution in [-0.4, -0.2) is 17.5 Å². The van der Waals surface area contributed by atoms with Crippen LogP contribution in [0.5, 0.6) is 5.75 Å². The number of rotatable bonds is 4. The summed E-state index contributed by atoms with van der Waals surface area (Å²) in [6.45, 7) is 5.24. The summed E-state index contributed by atoms with van der Waals surface area (Å²) in [5.74, 6) is 0.00168. The number of benzene rings is 1. The first-order chi connectivity index (χ1) is 10.4. The number of nitrogens with one attached hydrogen (secondary N) is 1. The zero-order valence-corrected chi connectivity index (χ0v) is 14.0. The van der Waals surface area contributed by atoms with Crippen LogP contribution in [0.3, 0.4) is 0 Å². The SMILES string of the molecule is Cc1ccccc1NC(=O)COc1c(Cl)c(C)nc(C)c1Cl. The molecule has 0 spiro atoms. The average molecular weight is 339 g/mol. The van der Waals surface area contributed by atoms with Gasteiger partial charge in [-0.05, 0) is 32.4 Å². The lowest BCUT2D eigenvalue weighted by Crippen LogP contribution is -2.21. The Hall–Kier alpha value is -1.78. The average Bonchev–Trinajstić information content (AvgIpc) is 2.47. The van der Waals surface area contributed by atoms with Gasteiger partial charge in [-0.25, -0.2) is 0 Å². The minimum Gasteiger partial charge on any atom is -0.480 e. The summed E-state index contributed by atoms with van der Waals surface area (Å²) in [6.07, 6.45) is 0. The number of aryl methyl sites for hydroxylation is 3. The second kappa shape index (κ2) is 6.99. The standard InChI is InChI=1S/C16H16Cl2N2O2/c1-9-6-4-5-7-12(9)20-13(21)8-22-16-14(17)10(2)19-11(3)15(16)18/h4-7H,8H2,1-3H3,(H,20,21). The highest BCUT2D eigenvalue weighted by molar-refractivity contribution is 6.37. The first-order valence-electron chi connectivity index (χ1n) is 6.70. The minimum atomic E-state index is -0.284. The maximum absolute atomic E-state index is 12.0. The Morgan fingerprint density at radius 3 is 2.32 bits per heavy atom. The highest BCUT2D eigenvalue weighted by Crippen LogP contribution is 2.36. The normalized spacial score (nSPS) is 10.4. The number of carbonyl (C=O) groups is 1. The summed E-state index contributed by atoms with van der Waals surface area (Å²) in [7, 11) is 0. The predicted octanol–water partition coefficient (Wildman–Crippen LogP) is 4.33. The van der Waals surface area contributed by atoms with E-state index in [-0.39, 0.29) is 18.3 Å². The van der Waals surface area contributed by atoms with Gasteiger partial charge in [0.05, 0.1) is 11.4 Å². The molecular formula is C16H16Cl2N2O2. The molecule has 0 fully saturated rings. The molecule has 0 saturated carbocycles. The van der Waals surface area contributed by atoms with Crippen LogP contribution in [0.2, 0.25) is 10.0 Å². The van der Waals surface area contributed by atoms with E-state index in [1.54, 1.807) is 13.8 Å². The number of ether oxygens (including phenoxy) is 1. The van der Waals surface area contributed by atoms with Gasteiger partial charge in [0, 0.05) is 5.69 Å². The molecule has 1 amide bonds. The Kier molecular flexibility index (Phi) is 5.27. The molecule has 1 N–H and O–H groups in total. The largest absolute Gasteiger partial charge is 0.480 e. The summed E-state index contributed by atoms with van der Waals surface area (Å²) < 4.78 is 5.49. The third-order valence-electron chi connectivity index (χ3n) is 3.14. The van der Waals surface area contributed by atoms with Crippen molar-refractivity contribution in [1.82, 2.24) is 4.98 Å². The Bertz CT molecular complexity index is 691. The smallest absolute Gasteiger partial charge is 0.262 e. The molecule has 0 atom stereocenters. The quantitative estimate of drug-likeness (QED) is 0.902. The van der Waals surface area contributed by atoms with Crippen molar-refractivity contribution in [3.05, 3.63) is 51.3 Å². The van der Waals surface area contributed by atoms with E-state index in [4.69, 9.17) is 27.9 Å². The van der Waals surface area contributed by atoms with Crippen LogP contribution in [0.25, 0.3) is 0 Å². The highest BCUT2D eigenvalue weighted by atomic mass is 35.5. The molecule has 0 aliphatic carbocycles. The number of pyridine rings is 1. The van der Waals surface area contributed by atoms with Crippen molar-refractivity contribution < 1.29 is 9.53 Å². The van der Waals surface area contributed by atoms with Gasteiger partial charge in [0.2, 0.25) is 0 Å². The van der Waals surface area contributed by atoms with Crippen LogP contribution in [0.4, 0.5) is 5.69 Å². The van der Waals surface area contributed by atoms with E-state index in [0.717, 1.165) is 11.3 Å². The number of hydrogen-bond acceptors (Lipinski definition) is 3. The Balaban J connectivity index is 2.08. The zero-order chi connectivity index (χ0) is 16.3. The maximum atomic E-state index is 12.0. The number of halogens is 2. The molecule has 22 heavy (non-hydrogen) atoms. The first kappa shape index (κ1) is 16.6. The molecule has 1 aromatic carbocycles. The number of nitrogens with zero attached hydrogens (tertiary/aromatic N) is 1. The van der Waals surface area contributed by atoms with E-state index in [1.807, 2.05) is 31.2 Å². The van der Waals surface area contributed by atoms with Crippen molar-refractivity contribution in [3.8, 4) is 5.75 Å². The van der Waals surface area contributed by atoms with E-state index in [2.05, 4.69) is 10.3 Å². The van der Waals surface area contributed by atoms with E-state index in [1.165, 1.54) is 0 Å². The third kappa shape index (κ3) is 3.70. The number of aromatic nitrogens is 1. The van der Waals surface area contributed by atoms with E-state index in [0.29, 0.717) is 21.4 Å². The fourth-order valence-corrected chi connectivity index (χ4v) is 2.37. The predicted molar refractivity (Wildman–Crippen MR) is 89.0 cm³/mol. The van der Waals surface area contributed by atoms with Gasteiger partial charge in [0.25, 0.3) is 5.91 Å². The van der Waals surface area contributed by atoms with Gasteiger partial charge in [0.15, 0.2) is 12.4 Å². The molecule has 0 aliphatic rings. The molecule has 2 aromatic rings. The highest BCUT2D eigenvalue weighted by Gasteiger charge is 2.16. The lowest BCUT2D eigenvalue weighted by atomic mass is 10.2. The summed E-state index contributed by atoms with van der Waals surface area (Å²) in [6, 6.07) is 7.50. The molecule has 0 bridgehead atoms. The topological polar surface area (TPSA) is 51.2 Å². The number of hydrogen-bond donors (Lipinski definition) is 1. The first-order valence-corrected chi connectivity index (χ1v) is 7.46. The summed E-state index contributed by atoms with van der Waals surface area (Å²) in [4.78, 5) is 16.2. The summed E-state index contributed by atoms with van der Waals surface area (Å²) >= 11 is 12.3. The fraction of sp³-hybridized carbons (Fsp3) is 0.250. The molecule has 1 aromatic heterocycles. The van der Waals surface area contributed by atoms with Crippen LogP contribution in [0.1, 0.15) is 17.0 Å². The number of amides is 1. The molecule has 2 rings (SSSR count). The Morgan fingerprint density at radius 1 is 1.14 bits per heavy atom. The molecule has 0 saturated heterocycles. The molecule has 0 aliphatic heterocycles. The van der Waals surface area contributed by atoms with Crippen LogP contribution in [-0.2, 0) is 4.79 Å². The van der Waals surface area contributed by atoms with Crippen LogP contribution < -0.4 is 10.1 Å². The summed E-state index contributed by atoms with van der Waals surface area (Å²) in [5.41, 5.74) is 2.94. The fourth-order valence-electron chi connectivity index (χ4n) is 1.94. The van der Waals surface area contributed by atoms with Gasteiger partial charge in [-0.15, -0.1) is 0 Å². The van der Waals surface area contributed by atoms with Gasteiger partial charge in [-0.1, -0.05) is 41.4 Å². The van der Waals surface area contributed by atoms with Crippen molar-refractivity contribution in [2.24, 2.45) is 0 Å². The molecule has 116 valence electrons. The van der Waals surface area contributed by atoms with Gasteiger partial charge < -0.3 is 10.1 Å². The van der Waals surface area contributed by atoms with Gasteiger partial charge in [-0.2, -0.15) is 0 Å². The van der Waals surface area contributed by atoms with Crippen molar-refractivity contribution in [2.75, 3.05) is 11.9 Å². The number of anilines is 1. The monoisotopic (exact) mass is 338 g/mol. The molecule has 6 heteroatoms.